The highest BCUT2D eigenvalue weighted by Crippen LogP contribution is 2.55. The van der Waals surface area contributed by atoms with Crippen molar-refractivity contribution in [3.05, 3.63) is 0 Å². The maximum absolute atomic E-state index is 6.45. The van der Waals surface area contributed by atoms with Gasteiger partial charge in [-0.15, -0.1) is 0 Å². The van der Waals surface area contributed by atoms with Crippen molar-refractivity contribution >= 4 is 0 Å². The summed E-state index contributed by atoms with van der Waals surface area (Å²) in [4.78, 5) is 0. The Kier molecular flexibility index (Phi) is 4.65. The Labute approximate surface area is 120 Å². The molecular formula is C18H34O. The third-order valence-corrected chi connectivity index (χ3v) is 5.54. The van der Waals surface area contributed by atoms with E-state index in [0.29, 0.717) is 17.6 Å². The van der Waals surface area contributed by atoms with Crippen molar-refractivity contribution in [3.8, 4) is 0 Å². The molecule has 0 heterocycles. The average molecular weight is 266 g/mol. The normalized spacial score (nSPS) is 39.8. The van der Waals surface area contributed by atoms with Crippen molar-refractivity contribution in [1.82, 2.24) is 0 Å². The van der Waals surface area contributed by atoms with Crippen LogP contribution in [0.4, 0.5) is 0 Å². The maximum Gasteiger partial charge on any atom is 0.0612 e. The van der Waals surface area contributed by atoms with Crippen molar-refractivity contribution in [3.63, 3.8) is 0 Å². The van der Waals surface area contributed by atoms with E-state index in [0.717, 1.165) is 23.7 Å². The Morgan fingerprint density at radius 3 is 2.21 bits per heavy atom. The molecule has 0 aromatic heterocycles. The molecule has 0 aromatic carbocycles. The molecule has 1 nitrogen and oxygen atoms in total. The lowest BCUT2D eigenvalue weighted by molar-refractivity contribution is -0.0670. The van der Waals surface area contributed by atoms with Gasteiger partial charge in [0.05, 0.1) is 12.2 Å². The first-order valence-corrected chi connectivity index (χ1v) is 8.51. The van der Waals surface area contributed by atoms with E-state index in [1.54, 1.807) is 0 Å². The molecule has 2 fully saturated rings. The van der Waals surface area contributed by atoms with Crippen molar-refractivity contribution in [1.29, 1.82) is 0 Å². The topological polar surface area (TPSA) is 9.23 Å². The monoisotopic (exact) mass is 266 g/mol. The zero-order valence-electron chi connectivity index (χ0n) is 13.9. The van der Waals surface area contributed by atoms with E-state index >= 15 is 0 Å². The predicted octanol–water partition coefficient (Wildman–Crippen LogP) is 5.29. The van der Waals surface area contributed by atoms with Crippen molar-refractivity contribution in [2.24, 2.45) is 29.1 Å². The highest BCUT2D eigenvalue weighted by Gasteiger charge is 2.51. The van der Waals surface area contributed by atoms with E-state index in [4.69, 9.17) is 4.74 Å². The fraction of sp³-hybridized carbons (Fsp3) is 1.00. The molecule has 2 aliphatic rings. The zero-order chi connectivity index (χ0) is 14.2. The lowest BCUT2D eigenvalue weighted by atomic mass is 9.75. The van der Waals surface area contributed by atoms with Gasteiger partial charge in [-0.3, -0.25) is 0 Å². The lowest BCUT2D eigenvalue weighted by Crippen LogP contribution is -2.35. The number of fused-ring (bicyclic) bond motifs is 2. The molecule has 0 amide bonds. The minimum Gasteiger partial charge on any atom is -0.375 e. The lowest BCUT2D eigenvalue weighted by Gasteiger charge is -2.37. The largest absolute Gasteiger partial charge is 0.375 e. The van der Waals surface area contributed by atoms with Crippen LogP contribution in [-0.4, -0.2) is 12.2 Å². The van der Waals surface area contributed by atoms with Crippen LogP contribution >= 0.6 is 0 Å². The van der Waals surface area contributed by atoms with E-state index in [9.17, 15) is 0 Å². The summed E-state index contributed by atoms with van der Waals surface area (Å²) >= 11 is 0. The molecule has 2 aliphatic carbocycles. The van der Waals surface area contributed by atoms with Crippen molar-refractivity contribution in [2.45, 2.75) is 85.9 Å². The van der Waals surface area contributed by atoms with Crippen LogP contribution in [0.2, 0.25) is 0 Å². The smallest absolute Gasteiger partial charge is 0.0612 e. The second-order valence-corrected chi connectivity index (χ2v) is 8.29. The Morgan fingerprint density at radius 2 is 1.68 bits per heavy atom. The summed E-state index contributed by atoms with van der Waals surface area (Å²) in [6, 6.07) is 0. The van der Waals surface area contributed by atoms with Gasteiger partial charge in [-0.2, -0.15) is 0 Å². The quantitative estimate of drug-likeness (QED) is 0.657. The predicted molar refractivity (Wildman–Crippen MR) is 82.2 cm³/mol. The first-order chi connectivity index (χ1) is 8.85. The van der Waals surface area contributed by atoms with E-state index in [2.05, 4.69) is 41.5 Å². The first kappa shape index (κ1) is 15.4. The second kappa shape index (κ2) is 5.76. The van der Waals surface area contributed by atoms with Gasteiger partial charge in [-0.05, 0) is 55.3 Å². The van der Waals surface area contributed by atoms with Gasteiger partial charge in [0.1, 0.15) is 0 Å². The molecule has 6 atom stereocenters. The molecular weight excluding hydrogens is 232 g/mol. The number of hydrogen-bond donors (Lipinski definition) is 0. The van der Waals surface area contributed by atoms with E-state index < -0.39 is 0 Å². The summed E-state index contributed by atoms with van der Waals surface area (Å²) in [6.45, 7) is 14.0. The van der Waals surface area contributed by atoms with Crippen LogP contribution in [0, 0.1) is 29.1 Å². The maximum atomic E-state index is 6.45. The summed E-state index contributed by atoms with van der Waals surface area (Å²) in [5.41, 5.74) is 0.382. The van der Waals surface area contributed by atoms with Gasteiger partial charge in [0.25, 0.3) is 0 Å². The van der Waals surface area contributed by atoms with Crippen LogP contribution in [0.3, 0.4) is 0 Å². The van der Waals surface area contributed by atoms with E-state index in [-0.39, 0.29) is 0 Å². The van der Waals surface area contributed by atoms with Gasteiger partial charge >= 0.3 is 0 Å². The second-order valence-electron chi connectivity index (χ2n) is 8.29. The molecule has 2 bridgehead atoms. The van der Waals surface area contributed by atoms with Gasteiger partial charge in [0.15, 0.2) is 0 Å². The Hall–Kier alpha value is -0.0400. The SMILES string of the molecule is CCC1C2CC(OC(C)CC(C)(C)C)C(C2)C1CC. The number of rotatable bonds is 5. The number of ether oxygens (including phenoxy) is 1. The van der Waals surface area contributed by atoms with Gasteiger partial charge in [0, 0.05) is 0 Å². The summed E-state index contributed by atoms with van der Waals surface area (Å²) in [7, 11) is 0. The first-order valence-electron chi connectivity index (χ1n) is 8.51. The average Bonchev–Trinajstić information content (AvgIpc) is 2.81. The molecule has 0 spiro atoms. The van der Waals surface area contributed by atoms with Gasteiger partial charge in [-0.25, -0.2) is 0 Å². The molecule has 2 saturated carbocycles. The molecule has 6 unspecified atom stereocenters. The van der Waals surface area contributed by atoms with Crippen LogP contribution in [0.5, 0.6) is 0 Å². The molecule has 0 radical (unpaired) electrons. The van der Waals surface area contributed by atoms with Crippen LogP contribution in [0.15, 0.2) is 0 Å². The summed E-state index contributed by atoms with van der Waals surface area (Å²) in [6.07, 6.45) is 7.68. The summed E-state index contributed by atoms with van der Waals surface area (Å²) in [5.74, 6) is 3.76. The van der Waals surface area contributed by atoms with Gasteiger partial charge in [0.2, 0.25) is 0 Å². The fourth-order valence-electron chi connectivity index (χ4n) is 5.14. The van der Waals surface area contributed by atoms with Crippen LogP contribution in [0.1, 0.15) is 73.6 Å². The highest BCUT2D eigenvalue weighted by molar-refractivity contribution is 5.00. The van der Waals surface area contributed by atoms with Crippen LogP contribution in [0.25, 0.3) is 0 Å². The Balaban J connectivity index is 1.91. The van der Waals surface area contributed by atoms with Crippen molar-refractivity contribution in [2.75, 3.05) is 0 Å². The third-order valence-electron chi connectivity index (χ3n) is 5.54. The van der Waals surface area contributed by atoms with Gasteiger partial charge in [-0.1, -0.05) is 47.5 Å². The molecule has 0 aliphatic heterocycles. The summed E-state index contributed by atoms with van der Waals surface area (Å²) < 4.78 is 6.45. The number of hydrogen-bond acceptors (Lipinski definition) is 1. The molecule has 19 heavy (non-hydrogen) atoms. The Bertz CT molecular complexity index is 291. The van der Waals surface area contributed by atoms with E-state index in [1.807, 2.05) is 0 Å². The zero-order valence-corrected chi connectivity index (χ0v) is 13.9. The molecule has 0 aromatic rings. The molecule has 0 saturated heterocycles. The Morgan fingerprint density at radius 1 is 1.05 bits per heavy atom. The van der Waals surface area contributed by atoms with Crippen LogP contribution in [-0.2, 0) is 4.74 Å². The molecule has 2 rings (SSSR count). The summed E-state index contributed by atoms with van der Waals surface area (Å²) in [5, 5.41) is 0. The molecule has 112 valence electrons. The standard InChI is InChI=1S/C18H34O/c1-7-14-13-9-16(15(14)8-2)17(10-13)19-12(3)11-18(4,5)6/h12-17H,7-11H2,1-6H3. The minimum atomic E-state index is 0.382. The molecule has 0 N–H and O–H groups in total. The third kappa shape index (κ3) is 3.35. The van der Waals surface area contributed by atoms with Crippen LogP contribution < -0.4 is 0 Å². The highest BCUT2D eigenvalue weighted by atomic mass is 16.5. The fourth-order valence-corrected chi connectivity index (χ4v) is 5.14. The van der Waals surface area contributed by atoms with E-state index in [1.165, 1.54) is 32.1 Å². The minimum absolute atomic E-state index is 0.382. The van der Waals surface area contributed by atoms with Gasteiger partial charge < -0.3 is 4.74 Å². The van der Waals surface area contributed by atoms with Crippen molar-refractivity contribution < 1.29 is 4.74 Å². The molecule has 1 heteroatoms.